The summed E-state index contributed by atoms with van der Waals surface area (Å²) < 4.78 is 10.8. The number of benzene rings is 2. The zero-order chi connectivity index (χ0) is 20.3. The molecule has 6 nitrogen and oxygen atoms in total. The van der Waals surface area contributed by atoms with Crippen LogP contribution >= 0.6 is 0 Å². The fourth-order valence-corrected chi connectivity index (χ4v) is 3.49. The lowest BCUT2D eigenvalue weighted by Crippen LogP contribution is -2.37. The van der Waals surface area contributed by atoms with E-state index >= 15 is 0 Å². The fraction of sp³-hybridized carbons (Fsp3) is 0.435. The van der Waals surface area contributed by atoms with Crippen molar-refractivity contribution in [3.63, 3.8) is 0 Å². The van der Waals surface area contributed by atoms with Gasteiger partial charge in [-0.25, -0.2) is 0 Å². The highest BCUT2D eigenvalue weighted by Crippen LogP contribution is 2.13. The average Bonchev–Trinajstić information content (AvgIpc) is 2.77. The summed E-state index contributed by atoms with van der Waals surface area (Å²) in [7, 11) is 3.52. The molecule has 1 heterocycles. The van der Waals surface area contributed by atoms with Gasteiger partial charge in [0.15, 0.2) is 5.96 Å². The Hall–Kier alpha value is -2.41. The molecule has 0 atom stereocenters. The minimum Gasteiger partial charge on any atom is -0.380 e. The molecular formula is C23H32N4O2. The minimum absolute atomic E-state index is 0.610. The smallest absolute Gasteiger partial charge is 0.191 e. The number of morpholine rings is 1. The van der Waals surface area contributed by atoms with Crippen LogP contribution in [0.4, 0.5) is 0 Å². The Labute approximate surface area is 173 Å². The summed E-state index contributed by atoms with van der Waals surface area (Å²) in [5.74, 6) is 0.790. The van der Waals surface area contributed by atoms with Crippen LogP contribution in [0, 0.1) is 0 Å². The first-order valence-corrected chi connectivity index (χ1v) is 10.2. The Balaban J connectivity index is 1.56. The van der Waals surface area contributed by atoms with Crippen LogP contribution < -0.4 is 10.6 Å². The largest absolute Gasteiger partial charge is 0.380 e. The molecule has 0 bridgehead atoms. The van der Waals surface area contributed by atoms with Crippen molar-refractivity contribution in [1.29, 1.82) is 0 Å². The Morgan fingerprint density at radius 2 is 1.48 bits per heavy atom. The molecule has 1 fully saturated rings. The van der Waals surface area contributed by atoms with E-state index in [4.69, 9.17) is 9.47 Å². The van der Waals surface area contributed by atoms with E-state index in [9.17, 15) is 0 Å². The van der Waals surface area contributed by atoms with E-state index in [1.807, 2.05) is 12.1 Å². The first-order chi connectivity index (χ1) is 14.3. The Morgan fingerprint density at radius 3 is 2.07 bits per heavy atom. The van der Waals surface area contributed by atoms with E-state index in [0.29, 0.717) is 13.2 Å². The summed E-state index contributed by atoms with van der Waals surface area (Å²) in [5, 5.41) is 6.86. The summed E-state index contributed by atoms with van der Waals surface area (Å²) in [6.45, 7) is 6.63. The number of aliphatic imine (C=N–C) groups is 1. The number of rotatable bonds is 8. The maximum atomic E-state index is 5.46. The van der Waals surface area contributed by atoms with Crippen molar-refractivity contribution < 1.29 is 9.47 Å². The molecule has 0 saturated carbocycles. The lowest BCUT2D eigenvalue weighted by atomic mass is 10.1. The molecule has 0 aliphatic carbocycles. The SMILES string of the molecule is CN=C(NCc1ccccc1COC)NCc1ccccc1CN1CCOCC1. The van der Waals surface area contributed by atoms with Crippen LogP contribution in [-0.4, -0.2) is 51.3 Å². The molecule has 0 amide bonds. The normalized spacial score (nSPS) is 15.3. The van der Waals surface area contributed by atoms with Crippen molar-refractivity contribution in [2.75, 3.05) is 40.5 Å². The highest BCUT2D eigenvalue weighted by molar-refractivity contribution is 5.79. The predicted molar refractivity (Wildman–Crippen MR) is 117 cm³/mol. The van der Waals surface area contributed by atoms with Gasteiger partial charge in [0, 0.05) is 46.9 Å². The molecule has 0 unspecified atom stereocenters. The van der Waals surface area contributed by atoms with Gasteiger partial charge in [-0.1, -0.05) is 48.5 Å². The molecule has 1 saturated heterocycles. The van der Waals surface area contributed by atoms with Gasteiger partial charge >= 0.3 is 0 Å². The second-order valence-corrected chi connectivity index (χ2v) is 7.14. The quantitative estimate of drug-likeness (QED) is 0.530. The molecule has 29 heavy (non-hydrogen) atoms. The summed E-state index contributed by atoms with van der Waals surface area (Å²) in [4.78, 5) is 6.82. The number of hydrogen-bond acceptors (Lipinski definition) is 4. The molecule has 1 aliphatic rings. The molecule has 2 aromatic carbocycles. The van der Waals surface area contributed by atoms with Gasteiger partial charge in [-0.3, -0.25) is 9.89 Å². The van der Waals surface area contributed by atoms with Crippen molar-refractivity contribution in [1.82, 2.24) is 15.5 Å². The van der Waals surface area contributed by atoms with Crippen LogP contribution in [-0.2, 0) is 35.7 Å². The fourth-order valence-electron chi connectivity index (χ4n) is 3.49. The number of nitrogens with one attached hydrogen (secondary N) is 2. The highest BCUT2D eigenvalue weighted by atomic mass is 16.5. The van der Waals surface area contributed by atoms with E-state index in [-0.39, 0.29) is 0 Å². The molecule has 0 spiro atoms. The molecule has 2 N–H and O–H groups in total. The number of hydrogen-bond donors (Lipinski definition) is 2. The Morgan fingerprint density at radius 1 is 0.931 bits per heavy atom. The molecule has 156 valence electrons. The van der Waals surface area contributed by atoms with Crippen LogP contribution in [0.2, 0.25) is 0 Å². The zero-order valence-electron chi connectivity index (χ0n) is 17.5. The van der Waals surface area contributed by atoms with Gasteiger partial charge in [-0.2, -0.15) is 0 Å². The summed E-state index contributed by atoms with van der Waals surface area (Å²) in [5.41, 5.74) is 5.04. The van der Waals surface area contributed by atoms with Crippen molar-refractivity contribution in [3.8, 4) is 0 Å². The third-order valence-corrected chi connectivity index (χ3v) is 5.15. The van der Waals surface area contributed by atoms with Crippen molar-refractivity contribution >= 4 is 5.96 Å². The third-order valence-electron chi connectivity index (χ3n) is 5.15. The van der Waals surface area contributed by atoms with Gasteiger partial charge in [-0.15, -0.1) is 0 Å². The van der Waals surface area contributed by atoms with Gasteiger partial charge in [0.25, 0.3) is 0 Å². The van der Waals surface area contributed by atoms with Crippen LogP contribution in [0.5, 0.6) is 0 Å². The number of nitrogens with zero attached hydrogens (tertiary/aromatic N) is 2. The van der Waals surface area contributed by atoms with E-state index in [0.717, 1.165) is 45.4 Å². The molecule has 2 aromatic rings. The monoisotopic (exact) mass is 396 g/mol. The average molecular weight is 397 g/mol. The zero-order valence-corrected chi connectivity index (χ0v) is 17.5. The molecular weight excluding hydrogens is 364 g/mol. The predicted octanol–water partition coefficient (Wildman–Crippen LogP) is 2.53. The number of methoxy groups -OCH3 is 1. The Kier molecular flexibility index (Phi) is 8.49. The molecule has 0 radical (unpaired) electrons. The lowest BCUT2D eigenvalue weighted by molar-refractivity contribution is 0.0341. The third kappa shape index (κ3) is 6.56. The van der Waals surface area contributed by atoms with Crippen LogP contribution in [0.1, 0.15) is 22.3 Å². The lowest BCUT2D eigenvalue weighted by Gasteiger charge is -2.27. The van der Waals surface area contributed by atoms with E-state index in [2.05, 4.69) is 56.9 Å². The molecule has 3 rings (SSSR count). The topological polar surface area (TPSA) is 58.1 Å². The van der Waals surface area contributed by atoms with Crippen molar-refractivity contribution in [2.24, 2.45) is 4.99 Å². The first-order valence-electron chi connectivity index (χ1n) is 10.2. The Bertz CT molecular complexity index is 788. The van der Waals surface area contributed by atoms with Crippen molar-refractivity contribution in [2.45, 2.75) is 26.2 Å². The summed E-state index contributed by atoms with van der Waals surface area (Å²) in [6.07, 6.45) is 0. The summed E-state index contributed by atoms with van der Waals surface area (Å²) >= 11 is 0. The number of ether oxygens (including phenoxy) is 2. The maximum absolute atomic E-state index is 5.46. The maximum Gasteiger partial charge on any atom is 0.191 e. The van der Waals surface area contributed by atoms with E-state index in [1.54, 1.807) is 14.2 Å². The second kappa shape index (κ2) is 11.6. The first kappa shape index (κ1) is 21.3. The summed E-state index contributed by atoms with van der Waals surface area (Å²) in [6, 6.07) is 16.9. The van der Waals surface area contributed by atoms with Crippen LogP contribution in [0.3, 0.4) is 0 Å². The van der Waals surface area contributed by atoms with Gasteiger partial charge in [-0.05, 0) is 22.3 Å². The van der Waals surface area contributed by atoms with E-state index in [1.165, 1.54) is 22.3 Å². The molecule has 1 aliphatic heterocycles. The van der Waals surface area contributed by atoms with Gasteiger partial charge in [0.05, 0.1) is 19.8 Å². The molecule has 6 heteroatoms. The van der Waals surface area contributed by atoms with Crippen molar-refractivity contribution in [3.05, 3.63) is 70.8 Å². The second-order valence-electron chi connectivity index (χ2n) is 7.14. The molecule has 0 aromatic heterocycles. The minimum atomic E-state index is 0.610. The van der Waals surface area contributed by atoms with Crippen LogP contribution in [0.15, 0.2) is 53.5 Å². The van der Waals surface area contributed by atoms with Gasteiger partial charge in [0.2, 0.25) is 0 Å². The van der Waals surface area contributed by atoms with Crippen LogP contribution in [0.25, 0.3) is 0 Å². The van der Waals surface area contributed by atoms with Gasteiger partial charge < -0.3 is 20.1 Å². The van der Waals surface area contributed by atoms with E-state index < -0.39 is 0 Å². The highest BCUT2D eigenvalue weighted by Gasteiger charge is 2.13. The standard InChI is InChI=1S/C23H32N4O2/c1-24-23(26-16-20-8-4-6-10-22(20)18-28-2)25-15-19-7-3-5-9-21(19)17-27-11-13-29-14-12-27/h3-10H,11-18H2,1-2H3,(H2,24,25,26). The number of guanidine groups is 1. The van der Waals surface area contributed by atoms with Gasteiger partial charge in [0.1, 0.15) is 0 Å².